The summed E-state index contributed by atoms with van der Waals surface area (Å²) in [6, 6.07) is 6.09. The predicted octanol–water partition coefficient (Wildman–Crippen LogP) is 1.97. The molecule has 0 spiro atoms. The van der Waals surface area contributed by atoms with Crippen molar-refractivity contribution < 1.29 is 0 Å². The molecule has 0 radical (unpaired) electrons. The number of nitrogen functional groups attached to an aromatic ring is 1. The van der Waals surface area contributed by atoms with Crippen LogP contribution < -0.4 is 5.73 Å². The van der Waals surface area contributed by atoms with Crippen LogP contribution in [0.3, 0.4) is 0 Å². The lowest BCUT2D eigenvalue weighted by molar-refractivity contribution is 0.614. The molecule has 2 N–H and O–H groups in total. The standard InChI is InChI=1S/C13H18N4/c1-3-17-12(8-10(2)16-17)5-4-11-6-7-15-13(14)9-11/h6-9H,3-5H2,1-2H3,(H2,14,15). The molecule has 4 nitrogen and oxygen atoms in total. The highest BCUT2D eigenvalue weighted by atomic mass is 15.3. The van der Waals surface area contributed by atoms with Gasteiger partial charge in [0.15, 0.2) is 0 Å². The van der Waals surface area contributed by atoms with Gasteiger partial charge in [0.25, 0.3) is 0 Å². The van der Waals surface area contributed by atoms with Crippen LogP contribution >= 0.6 is 0 Å². The molecule has 0 saturated carbocycles. The molecule has 0 amide bonds. The van der Waals surface area contributed by atoms with Crippen LogP contribution in [-0.2, 0) is 19.4 Å². The Morgan fingerprint density at radius 3 is 2.82 bits per heavy atom. The van der Waals surface area contributed by atoms with Crippen molar-refractivity contribution >= 4 is 5.82 Å². The molecule has 0 aromatic carbocycles. The average molecular weight is 230 g/mol. The van der Waals surface area contributed by atoms with Crippen LogP contribution in [-0.4, -0.2) is 14.8 Å². The molecule has 17 heavy (non-hydrogen) atoms. The van der Waals surface area contributed by atoms with Gasteiger partial charge in [-0.15, -0.1) is 0 Å². The summed E-state index contributed by atoms with van der Waals surface area (Å²) in [7, 11) is 0. The first-order valence-corrected chi connectivity index (χ1v) is 5.92. The van der Waals surface area contributed by atoms with Gasteiger partial charge in [-0.05, 0) is 50.5 Å². The molecule has 0 saturated heterocycles. The normalized spacial score (nSPS) is 10.7. The molecule has 2 heterocycles. The van der Waals surface area contributed by atoms with E-state index in [1.54, 1.807) is 6.20 Å². The van der Waals surface area contributed by atoms with Gasteiger partial charge in [-0.25, -0.2) is 4.98 Å². The molecule has 0 atom stereocenters. The first kappa shape index (κ1) is 11.6. The summed E-state index contributed by atoms with van der Waals surface area (Å²) in [6.07, 6.45) is 3.71. The number of anilines is 1. The summed E-state index contributed by atoms with van der Waals surface area (Å²) in [5.41, 5.74) is 9.24. The fourth-order valence-corrected chi connectivity index (χ4v) is 2.00. The maximum absolute atomic E-state index is 5.66. The van der Waals surface area contributed by atoms with Gasteiger partial charge < -0.3 is 5.73 Å². The number of hydrogen-bond donors (Lipinski definition) is 1. The molecule has 0 bridgehead atoms. The fraction of sp³-hybridized carbons (Fsp3) is 0.385. The van der Waals surface area contributed by atoms with Crippen LogP contribution in [0.2, 0.25) is 0 Å². The smallest absolute Gasteiger partial charge is 0.123 e. The van der Waals surface area contributed by atoms with Gasteiger partial charge >= 0.3 is 0 Å². The molecule has 2 aromatic heterocycles. The molecule has 90 valence electrons. The summed E-state index contributed by atoms with van der Waals surface area (Å²) in [5.74, 6) is 0.586. The Balaban J connectivity index is 2.06. The number of aromatic nitrogens is 3. The van der Waals surface area contributed by atoms with E-state index in [0.717, 1.165) is 25.1 Å². The SMILES string of the molecule is CCn1nc(C)cc1CCc1ccnc(N)c1. The minimum Gasteiger partial charge on any atom is -0.384 e. The van der Waals surface area contributed by atoms with Crippen molar-refractivity contribution in [2.75, 3.05) is 5.73 Å². The Kier molecular flexibility index (Phi) is 3.42. The van der Waals surface area contributed by atoms with Crippen LogP contribution in [0.1, 0.15) is 23.9 Å². The lowest BCUT2D eigenvalue weighted by Gasteiger charge is -2.05. The minimum absolute atomic E-state index is 0.586. The van der Waals surface area contributed by atoms with Crippen molar-refractivity contribution in [3.05, 3.63) is 41.3 Å². The zero-order chi connectivity index (χ0) is 12.3. The van der Waals surface area contributed by atoms with Crippen molar-refractivity contribution in [3.63, 3.8) is 0 Å². The molecule has 0 fully saturated rings. The van der Waals surface area contributed by atoms with Crippen LogP contribution in [0.25, 0.3) is 0 Å². The molecule has 2 rings (SSSR count). The topological polar surface area (TPSA) is 56.7 Å². The van der Waals surface area contributed by atoms with E-state index in [0.29, 0.717) is 5.82 Å². The second-order valence-corrected chi connectivity index (χ2v) is 4.18. The maximum atomic E-state index is 5.66. The number of rotatable bonds is 4. The van der Waals surface area contributed by atoms with Gasteiger partial charge in [-0.3, -0.25) is 4.68 Å². The monoisotopic (exact) mass is 230 g/mol. The van der Waals surface area contributed by atoms with Crippen LogP contribution in [0.15, 0.2) is 24.4 Å². The molecule has 0 unspecified atom stereocenters. The summed E-state index contributed by atoms with van der Waals surface area (Å²) in [5, 5.41) is 4.44. The number of pyridine rings is 1. The van der Waals surface area contributed by atoms with Crippen LogP contribution in [0.5, 0.6) is 0 Å². The van der Waals surface area contributed by atoms with E-state index in [2.05, 4.69) is 27.8 Å². The number of nitrogens with zero attached hydrogens (tertiary/aromatic N) is 3. The number of hydrogen-bond acceptors (Lipinski definition) is 3. The highest BCUT2D eigenvalue weighted by Gasteiger charge is 2.04. The van der Waals surface area contributed by atoms with E-state index < -0.39 is 0 Å². The van der Waals surface area contributed by atoms with Gasteiger partial charge in [-0.2, -0.15) is 5.10 Å². The van der Waals surface area contributed by atoms with E-state index in [-0.39, 0.29) is 0 Å². The third-order valence-corrected chi connectivity index (χ3v) is 2.80. The highest BCUT2D eigenvalue weighted by molar-refractivity contribution is 5.32. The zero-order valence-electron chi connectivity index (χ0n) is 10.3. The minimum atomic E-state index is 0.586. The molecule has 2 aromatic rings. The fourth-order valence-electron chi connectivity index (χ4n) is 2.00. The van der Waals surface area contributed by atoms with Crippen molar-refractivity contribution in [2.45, 2.75) is 33.2 Å². The highest BCUT2D eigenvalue weighted by Crippen LogP contribution is 2.10. The first-order valence-electron chi connectivity index (χ1n) is 5.92. The molecule has 4 heteroatoms. The van der Waals surface area contributed by atoms with Gasteiger partial charge in [0.1, 0.15) is 5.82 Å². The summed E-state index contributed by atoms with van der Waals surface area (Å²) in [6.45, 7) is 5.06. The molecule has 0 aliphatic rings. The lowest BCUT2D eigenvalue weighted by Crippen LogP contribution is -2.04. The van der Waals surface area contributed by atoms with E-state index in [1.807, 2.05) is 19.1 Å². The van der Waals surface area contributed by atoms with Crippen LogP contribution in [0, 0.1) is 6.92 Å². The molecule has 0 aliphatic carbocycles. The number of aryl methyl sites for hydroxylation is 4. The Bertz CT molecular complexity index is 502. The Labute approximate surface area is 101 Å². The maximum Gasteiger partial charge on any atom is 0.123 e. The Morgan fingerprint density at radius 2 is 2.12 bits per heavy atom. The Hall–Kier alpha value is -1.84. The summed E-state index contributed by atoms with van der Waals surface area (Å²) >= 11 is 0. The van der Waals surface area contributed by atoms with Crippen molar-refractivity contribution in [1.29, 1.82) is 0 Å². The van der Waals surface area contributed by atoms with Crippen molar-refractivity contribution in [3.8, 4) is 0 Å². The van der Waals surface area contributed by atoms with Gasteiger partial charge in [0.05, 0.1) is 5.69 Å². The lowest BCUT2D eigenvalue weighted by atomic mass is 10.1. The second-order valence-electron chi connectivity index (χ2n) is 4.18. The zero-order valence-corrected chi connectivity index (χ0v) is 10.3. The summed E-state index contributed by atoms with van der Waals surface area (Å²) < 4.78 is 2.06. The van der Waals surface area contributed by atoms with E-state index in [4.69, 9.17) is 5.73 Å². The average Bonchev–Trinajstić information content (AvgIpc) is 2.67. The Morgan fingerprint density at radius 1 is 1.29 bits per heavy atom. The second kappa shape index (κ2) is 4.99. The van der Waals surface area contributed by atoms with Gasteiger partial charge in [0, 0.05) is 18.4 Å². The first-order chi connectivity index (χ1) is 8.19. The van der Waals surface area contributed by atoms with E-state index >= 15 is 0 Å². The third-order valence-electron chi connectivity index (χ3n) is 2.80. The van der Waals surface area contributed by atoms with E-state index in [9.17, 15) is 0 Å². The predicted molar refractivity (Wildman–Crippen MR) is 68.7 cm³/mol. The largest absolute Gasteiger partial charge is 0.384 e. The van der Waals surface area contributed by atoms with Crippen LogP contribution in [0.4, 0.5) is 5.82 Å². The molecule has 0 aliphatic heterocycles. The number of nitrogens with two attached hydrogens (primary N) is 1. The van der Waals surface area contributed by atoms with Crippen molar-refractivity contribution in [2.24, 2.45) is 0 Å². The third kappa shape index (κ3) is 2.84. The van der Waals surface area contributed by atoms with Gasteiger partial charge in [-0.1, -0.05) is 0 Å². The molecular formula is C13H18N4. The van der Waals surface area contributed by atoms with E-state index in [1.165, 1.54) is 11.3 Å². The quantitative estimate of drug-likeness (QED) is 0.873. The van der Waals surface area contributed by atoms with Gasteiger partial charge in [0.2, 0.25) is 0 Å². The van der Waals surface area contributed by atoms with Crippen molar-refractivity contribution in [1.82, 2.24) is 14.8 Å². The summed E-state index contributed by atoms with van der Waals surface area (Å²) in [4.78, 5) is 3.99. The molecular weight excluding hydrogens is 212 g/mol.